The summed E-state index contributed by atoms with van der Waals surface area (Å²) in [7, 11) is 0. The molecule has 1 fully saturated rings. The molecule has 1 saturated carbocycles. The van der Waals surface area contributed by atoms with Crippen molar-refractivity contribution in [1.82, 2.24) is 0 Å². The second-order valence-corrected chi connectivity index (χ2v) is 5.01. The molecule has 0 N–H and O–H groups in total. The molecule has 0 saturated heterocycles. The monoisotopic (exact) mass is 229 g/mol. The number of benzene rings is 1. The lowest BCUT2D eigenvalue weighted by Gasteiger charge is -2.36. The number of allylic oxidation sites excluding steroid dienone is 2. The van der Waals surface area contributed by atoms with Gasteiger partial charge >= 0.3 is 0 Å². The van der Waals surface area contributed by atoms with Gasteiger partial charge in [-0.25, -0.2) is 0 Å². The van der Waals surface area contributed by atoms with Gasteiger partial charge in [0.1, 0.15) is 0 Å². The molecule has 1 aromatic rings. The van der Waals surface area contributed by atoms with Crippen LogP contribution in [0.25, 0.3) is 0 Å². The van der Waals surface area contributed by atoms with Crippen LogP contribution in [0, 0.1) is 16.0 Å². The summed E-state index contributed by atoms with van der Waals surface area (Å²) in [5.74, 6) is 1.21. The normalized spacial score (nSPS) is 26.7. The van der Waals surface area contributed by atoms with Crippen molar-refractivity contribution in [2.45, 2.75) is 31.6 Å². The van der Waals surface area contributed by atoms with E-state index in [1.54, 1.807) is 23.8 Å². The Balaban J connectivity index is 1.89. The van der Waals surface area contributed by atoms with E-state index in [0.717, 1.165) is 17.9 Å². The first-order valence-corrected chi connectivity index (χ1v) is 6.19. The number of nitro groups is 1. The molecule has 17 heavy (non-hydrogen) atoms. The molecule has 88 valence electrons. The van der Waals surface area contributed by atoms with Gasteiger partial charge in [-0.15, -0.1) is 0 Å². The van der Waals surface area contributed by atoms with E-state index < -0.39 is 0 Å². The van der Waals surface area contributed by atoms with Gasteiger partial charge in [0.05, 0.1) is 4.92 Å². The fourth-order valence-electron chi connectivity index (χ4n) is 2.92. The highest BCUT2D eigenvalue weighted by Gasteiger charge is 2.30. The highest BCUT2D eigenvalue weighted by atomic mass is 16.6. The Kier molecular flexibility index (Phi) is 2.46. The molecule has 2 atom stereocenters. The third kappa shape index (κ3) is 1.86. The molecule has 3 heteroatoms. The van der Waals surface area contributed by atoms with Crippen LogP contribution in [-0.4, -0.2) is 4.92 Å². The Hall–Kier alpha value is -1.64. The Bertz CT molecular complexity index is 493. The molecule has 0 spiro atoms. The first-order valence-electron chi connectivity index (χ1n) is 6.19. The minimum Gasteiger partial charge on any atom is -0.258 e. The summed E-state index contributed by atoms with van der Waals surface area (Å²) in [5, 5.41) is 10.8. The Morgan fingerprint density at radius 3 is 2.76 bits per heavy atom. The number of nitrogens with zero attached hydrogens (tertiary/aromatic N) is 1. The van der Waals surface area contributed by atoms with Gasteiger partial charge in [0.15, 0.2) is 0 Å². The van der Waals surface area contributed by atoms with E-state index in [4.69, 9.17) is 0 Å². The van der Waals surface area contributed by atoms with E-state index in [2.05, 4.69) is 6.08 Å². The first-order chi connectivity index (χ1) is 8.24. The van der Waals surface area contributed by atoms with Crippen LogP contribution in [0.1, 0.15) is 37.2 Å². The van der Waals surface area contributed by atoms with Crippen molar-refractivity contribution in [2.75, 3.05) is 0 Å². The molecule has 2 aliphatic rings. The van der Waals surface area contributed by atoms with Crippen LogP contribution in [0.15, 0.2) is 35.9 Å². The quantitative estimate of drug-likeness (QED) is 0.439. The fourth-order valence-corrected chi connectivity index (χ4v) is 2.92. The lowest BCUT2D eigenvalue weighted by molar-refractivity contribution is -0.384. The Morgan fingerprint density at radius 1 is 1.24 bits per heavy atom. The first kappa shape index (κ1) is 10.5. The standard InChI is InChI=1S/C14H15NO2/c16-15(17)14-3-1-2-11(9-14)13-7-5-10-4-6-12(10)8-13/h1-3,8-10,13H,4-7H2. The molecule has 0 heterocycles. The van der Waals surface area contributed by atoms with Crippen LogP contribution in [0.4, 0.5) is 5.69 Å². The number of non-ortho nitro benzene ring substituents is 1. The van der Waals surface area contributed by atoms with Gasteiger partial charge in [-0.05, 0) is 37.2 Å². The lowest BCUT2D eigenvalue weighted by atomic mass is 9.69. The molecule has 0 radical (unpaired) electrons. The lowest BCUT2D eigenvalue weighted by Crippen LogP contribution is -2.21. The second kappa shape index (κ2) is 3.99. The van der Waals surface area contributed by atoms with Gasteiger partial charge in [-0.1, -0.05) is 23.8 Å². The summed E-state index contributed by atoms with van der Waals surface area (Å²) in [6.07, 6.45) is 7.30. The molecular weight excluding hydrogens is 214 g/mol. The average Bonchev–Trinajstić information content (AvgIpc) is 2.31. The van der Waals surface area contributed by atoms with Crippen LogP contribution < -0.4 is 0 Å². The summed E-state index contributed by atoms with van der Waals surface area (Å²) in [6, 6.07) is 7.08. The van der Waals surface area contributed by atoms with Gasteiger partial charge in [0.2, 0.25) is 0 Å². The molecule has 3 rings (SSSR count). The molecule has 2 unspecified atom stereocenters. The molecule has 0 aromatic heterocycles. The van der Waals surface area contributed by atoms with E-state index in [1.165, 1.54) is 19.3 Å². The van der Waals surface area contributed by atoms with E-state index >= 15 is 0 Å². The van der Waals surface area contributed by atoms with Crippen molar-refractivity contribution in [3.05, 3.63) is 51.6 Å². The second-order valence-electron chi connectivity index (χ2n) is 5.01. The molecule has 3 nitrogen and oxygen atoms in total. The van der Waals surface area contributed by atoms with Gasteiger partial charge < -0.3 is 0 Å². The van der Waals surface area contributed by atoms with Crippen LogP contribution in [0.3, 0.4) is 0 Å². The van der Waals surface area contributed by atoms with Crippen LogP contribution in [-0.2, 0) is 0 Å². The number of hydrogen-bond acceptors (Lipinski definition) is 2. The highest BCUT2D eigenvalue weighted by molar-refractivity contribution is 5.39. The number of nitro benzene ring substituents is 1. The van der Waals surface area contributed by atoms with Crippen molar-refractivity contribution in [3.8, 4) is 0 Å². The summed E-state index contributed by atoms with van der Waals surface area (Å²) in [4.78, 5) is 10.4. The molecular formula is C14H15NO2. The maximum Gasteiger partial charge on any atom is 0.269 e. The van der Waals surface area contributed by atoms with E-state index in [1.807, 2.05) is 6.07 Å². The van der Waals surface area contributed by atoms with Gasteiger partial charge in [-0.3, -0.25) is 10.1 Å². The molecule has 0 bridgehead atoms. The number of fused-ring (bicyclic) bond motifs is 1. The third-order valence-corrected chi connectivity index (χ3v) is 4.06. The van der Waals surface area contributed by atoms with Crippen LogP contribution in [0.5, 0.6) is 0 Å². The van der Waals surface area contributed by atoms with Crippen molar-refractivity contribution < 1.29 is 4.92 Å². The Labute approximate surface area is 100 Å². The van der Waals surface area contributed by atoms with Crippen molar-refractivity contribution >= 4 is 5.69 Å². The SMILES string of the molecule is O=[N+]([O-])c1cccc(C2C=C3CCC3CC2)c1. The smallest absolute Gasteiger partial charge is 0.258 e. The van der Waals surface area contributed by atoms with Crippen molar-refractivity contribution in [2.24, 2.45) is 5.92 Å². The molecule has 0 amide bonds. The molecule has 0 aliphatic heterocycles. The third-order valence-electron chi connectivity index (χ3n) is 4.06. The van der Waals surface area contributed by atoms with Crippen molar-refractivity contribution in [1.29, 1.82) is 0 Å². The molecule has 1 aromatic carbocycles. The zero-order chi connectivity index (χ0) is 11.8. The maximum atomic E-state index is 10.8. The van der Waals surface area contributed by atoms with Crippen molar-refractivity contribution in [3.63, 3.8) is 0 Å². The topological polar surface area (TPSA) is 43.1 Å². The number of rotatable bonds is 2. The Morgan fingerprint density at radius 2 is 2.12 bits per heavy atom. The predicted octanol–water partition coefficient (Wildman–Crippen LogP) is 3.81. The van der Waals surface area contributed by atoms with Gasteiger partial charge in [0, 0.05) is 18.1 Å². The predicted molar refractivity (Wildman–Crippen MR) is 65.9 cm³/mol. The summed E-state index contributed by atoms with van der Waals surface area (Å²) >= 11 is 0. The average molecular weight is 229 g/mol. The summed E-state index contributed by atoms with van der Waals surface area (Å²) < 4.78 is 0. The maximum absolute atomic E-state index is 10.8. The fraction of sp³-hybridized carbons (Fsp3) is 0.429. The zero-order valence-electron chi connectivity index (χ0n) is 9.63. The largest absolute Gasteiger partial charge is 0.269 e. The van der Waals surface area contributed by atoms with Gasteiger partial charge in [0.25, 0.3) is 5.69 Å². The number of hydrogen-bond donors (Lipinski definition) is 0. The summed E-state index contributed by atoms with van der Waals surface area (Å²) in [5.41, 5.74) is 2.88. The zero-order valence-corrected chi connectivity index (χ0v) is 9.63. The highest BCUT2D eigenvalue weighted by Crippen LogP contribution is 2.45. The molecule has 2 aliphatic carbocycles. The van der Waals surface area contributed by atoms with E-state index in [9.17, 15) is 10.1 Å². The minimum absolute atomic E-state index is 0.205. The van der Waals surface area contributed by atoms with E-state index in [-0.39, 0.29) is 10.6 Å². The van der Waals surface area contributed by atoms with Crippen LogP contribution in [0.2, 0.25) is 0 Å². The van der Waals surface area contributed by atoms with Crippen LogP contribution >= 0.6 is 0 Å². The van der Waals surface area contributed by atoms with Gasteiger partial charge in [-0.2, -0.15) is 0 Å². The summed E-state index contributed by atoms with van der Waals surface area (Å²) in [6.45, 7) is 0. The minimum atomic E-state index is -0.314. The van der Waals surface area contributed by atoms with E-state index in [0.29, 0.717) is 5.92 Å².